The topological polar surface area (TPSA) is 57.2 Å². The Labute approximate surface area is 83.3 Å². The van der Waals surface area contributed by atoms with Crippen molar-refractivity contribution >= 4 is 0 Å². The minimum atomic E-state index is -0.0832. The summed E-state index contributed by atoms with van der Waals surface area (Å²) in [5.74, 6) is 0. The van der Waals surface area contributed by atoms with Crippen molar-refractivity contribution in [2.24, 2.45) is 5.73 Å². The Balaban J connectivity index is 2.67. The molecule has 1 aromatic rings. The highest BCUT2D eigenvalue weighted by atomic mass is 16.5. The van der Waals surface area contributed by atoms with Crippen LogP contribution in [0.4, 0.5) is 0 Å². The maximum Gasteiger partial charge on any atom is 0.250 e. The highest BCUT2D eigenvalue weighted by Crippen LogP contribution is 1.93. The number of aromatic nitrogens is 1. The van der Waals surface area contributed by atoms with Gasteiger partial charge in [0, 0.05) is 25.4 Å². The van der Waals surface area contributed by atoms with Gasteiger partial charge in [0.25, 0.3) is 5.56 Å². The van der Waals surface area contributed by atoms with Gasteiger partial charge in [0.15, 0.2) is 0 Å². The molecule has 0 amide bonds. The standard InChI is InChI=1S/C10H16N2O2/c1-2-14-9(7-11)8-12-6-4-3-5-10(12)13/h3-6,9H,2,7-8,11H2,1H3. The predicted octanol–water partition coefficient (Wildman–Crippen LogP) is 0.212. The molecule has 0 aliphatic carbocycles. The van der Waals surface area contributed by atoms with Gasteiger partial charge in [-0.05, 0) is 13.0 Å². The lowest BCUT2D eigenvalue weighted by Crippen LogP contribution is -2.32. The van der Waals surface area contributed by atoms with Crippen LogP contribution in [0.5, 0.6) is 0 Å². The molecule has 1 heterocycles. The average molecular weight is 196 g/mol. The van der Waals surface area contributed by atoms with Crippen LogP contribution >= 0.6 is 0 Å². The van der Waals surface area contributed by atoms with Crippen LogP contribution in [-0.4, -0.2) is 23.8 Å². The number of hydrogen-bond acceptors (Lipinski definition) is 3. The summed E-state index contributed by atoms with van der Waals surface area (Å²) in [6, 6.07) is 5.07. The van der Waals surface area contributed by atoms with Gasteiger partial charge in [-0.25, -0.2) is 0 Å². The lowest BCUT2D eigenvalue weighted by molar-refractivity contribution is 0.0560. The molecule has 4 nitrogen and oxygen atoms in total. The maximum atomic E-state index is 11.3. The van der Waals surface area contributed by atoms with E-state index >= 15 is 0 Å². The van der Waals surface area contributed by atoms with E-state index in [1.165, 1.54) is 6.07 Å². The number of rotatable bonds is 5. The molecule has 0 aliphatic rings. The van der Waals surface area contributed by atoms with Gasteiger partial charge in [-0.1, -0.05) is 6.07 Å². The second-order valence-corrected chi connectivity index (χ2v) is 3.00. The zero-order valence-electron chi connectivity index (χ0n) is 8.35. The quantitative estimate of drug-likeness (QED) is 0.732. The Morgan fingerprint density at radius 3 is 2.93 bits per heavy atom. The molecule has 2 N–H and O–H groups in total. The van der Waals surface area contributed by atoms with Crippen molar-refractivity contribution in [3.63, 3.8) is 0 Å². The second-order valence-electron chi connectivity index (χ2n) is 3.00. The van der Waals surface area contributed by atoms with E-state index in [9.17, 15) is 4.79 Å². The largest absolute Gasteiger partial charge is 0.375 e. The fourth-order valence-electron chi connectivity index (χ4n) is 1.26. The summed E-state index contributed by atoms with van der Waals surface area (Å²) >= 11 is 0. The van der Waals surface area contributed by atoms with E-state index in [0.29, 0.717) is 19.7 Å². The highest BCUT2D eigenvalue weighted by molar-refractivity contribution is 4.93. The van der Waals surface area contributed by atoms with E-state index in [4.69, 9.17) is 10.5 Å². The van der Waals surface area contributed by atoms with Gasteiger partial charge in [0.05, 0.1) is 12.6 Å². The zero-order valence-corrected chi connectivity index (χ0v) is 8.35. The lowest BCUT2D eigenvalue weighted by Gasteiger charge is -2.15. The number of pyridine rings is 1. The molecule has 14 heavy (non-hydrogen) atoms. The van der Waals surface area contributed by atoms with Crippen LogP contribution in [0.25, 0.3) is 0 Å². The maximum absolute atomic E-state index is 11.3. The Morgan fingerprint density at radius 2 is 2.36 bits per heavy atom. The minimum Gasteiger partial charge on any atom is -0.375 e. The molecule has 1 atom stereocenters. The van der Waals surface area contributed by atoms with Crippen LogP contribution < -0.4 is 11.3 Å². The predicted molar refractivity (Wildman–Crippen MR) is 55.2 cm³/mol. The summed E-state index contributed by atoms with van der Waals surface area (Å²) in [6.07, 6.45) is 1.66. The van der Waals surface area contributed by atoms with Crippen LogP contribution in [0.2, 0.25) is 0 Å². The van der Waals surface area contributed by atoms with E-state index in [1.54, 1.807) is 16.8 Å². The molecule has 1 rings (SSSR count). The van der Waals surface area contributed by atoms with Gasteiger partial charge in [-0.3, -0.25) is 4.79 Å². The SMILES string of the molecule is CCOC(CN)Cn1ccccc1=O. The Morgan fingerprint density at radius 1 is 1.57 bits per heavy atom. The lowest BCUT2D eigenvalue weighted by atomic mass is 10.3. The van der Waals surface area contributed by atoms with Crippen molar-refractivity contribution in [1.29, 1.82) is 0 Å². The summed E-state index contributed by atoms with van der Waals surface area (Å²) in [4.78, 5) is 11.3. The molecule has 0 aromatic carbocycles. The first-order chi connectivity index (χ1) is 6.77. The van der Waals surface area contributed by atoms with E-state index in [1.807, 2.05) is 13.0 Å². The normalized spacial score (nSPS) is 12.7. The highest BCUT2D eigenvalue weighted by Gasteiger charge is 2.06. The first-order valence-electron chi connectivity index (χ1n) is 4.75. The molecule has 4 heteroatoms. The number of hydrogen-bond donors (Lipinski definition) is 1. The fraction of sp³-hybridized carbons (Fsp3) is 0.500. The molecule has 0 spiro atoms. The van der Waals surface area contributed by atoms with Gasteiger partial charge < -0.3 is 15.0 Å². The third-order valence-electron chi connectivity index (χ3n) is 1.96. The third kappa shape index (κ3) is 2.97. The van der Waals surface area contributed by atoms with E-state index in [-0.39, 0.29) is 11.7 Å². The van der Waals surface area contributed by atoms with Gasteiger partial charge in [0.2, 0.25) is 0 Å². The molecular weight excluding hydrogens is 180 g/mol. The van der Waals surface area contributed by atoms with Gasteiger partial charge in [0.1, 0.15) is 0 Å². The molecule has 0 saturated heterocycles. The summed E-state index contributed by atoms with van der Waals surface area (Å²) in [6.45, 7) is 3.47. The van der Waals surface area contributed by atoms with Crippen molar-refractivity contribution in [3.8, 4) is 0 Å². The molecular formula is C10H16N2O2. The molecule has 78 valence electrons. The van der Waals surface area contributed by atoms with E-state index < -0.39 is 0 Å². The Bertz CT molecular complexity index is 322. The number of ether oxygens (including phenoxy) is 1. The molecule has 1 unspecified atom stereocenters. The molecule has 0 radical (unpaired) electrons. The average Bonchev–Trinajstić information content (AvgIpc) is 2.20. The first-order valence-corrected chi connectivity index (χ1v) is 4.75. The van der Waals surface area contributed by atoms with Crippen molar-refractivity contribution < 1.29 is 4.74 Å². The van der Waals surface area contributed by atoms with Crippen molar-refractivity contribution in [2.45, 2.75) is 19.6 Å². The zero-order chi connectivity index (χ0) is 10.4. The van der Waals surface area contributed by atoms with Gasteiger partial charge >= 0.3 is 0 Å². The van der Waals surface area contributed by atoms with Gasteiger partial charge in [-0.15, -0.1) is 0 Å². The monoisotopic (exact) mass is 196 g/mol. The van der Waals surface area contributed by atoms with Crippen molar-refractivity contribution in [1.82, 2.24) is 4.57 Å². The Hall–Kier alpha value is -1.13. The number of nitrogens with zero attached hydrogens (tertiary/aromatic N) is 1. The smallest absolute Gasteiger partial charge is 0.250 e. The number of nitrogens with two attached hydrogens (primary N) is 1. The molecule has 0 saturated carbocycles. The molecule has 0 bridgehead atoms. The summed E-state index contributed by atoms with van der Waals surface area (Å²) in [5, 5.41) is 0. The molecule has 1 aromatic heterocycles. The van der Waals surface area contributed by atoms with Crippen LogP contribution in [0.3, 0.4) is 0 Å². The van der Waals surface area contributed by atoms with Crippen LogP contribution in [0.15, 0.2) is 29.2 Å². The summed E-state index contributed by atoms with van der Waals surface area (Å²) in [5.41, 5.74) is 5.49. The molecule has 0 aliphatic heterocycles. The van der Waals surface area contributed by atoms with Crippen molar-refractivity contribution in [3.05, 3.63) is 34.7 Å². The van der Waals surface area contributed by atoms with Crippen molar-refractivity contribution in [2.75, 3.05) is 13.2 Å². The van der Waals surface area contributed by atoms with Crippen LogP contribution in [0, 0.1) is 0 Å². The van der Waals surface area contributed by atoms with Crippen LogP contribution in [0.1, 0.15) is 6.92 Å². The van der Waals surface area contributed by atoms with E-state index in [0.717, 1.165) is 0 Å². The fourth-order valence-corrected chi connectivity index (χ4v) is 1.26. The summed E-state index contributed by atoms with van der Waals surface area (Å²) in [7, 11) is 0. The first kappa shape index (κ1) is 10.9. The third-order valence-corrected chi connectivity index (χ3v) is 1.96. The Kier molecular flexibility index (Phi) is 4.35. The van der Waals surface area contributed by atoms with Gasteiger partial charge in [-0.2, -0.15) is 0 Å². The molecule has 0 fully saturated rings. The summed E-state index contributed by atoms with van der Waals surface area (Å²) < 4.78 is 6.97. The van der Waals surface area contributed by atoms with E-state index in [2.05, 4.69) is 0 Å². The minimum absolute atomic E-state index is 0.0225. The second kappa shape index (κ2) is 5.57. The van der Waals surface area contributed by atoms with Crippen LogP contribution in [-0.2, 0) is 11.3 Å².